The normalized spacial score (nSPS) is 9.82. The molecule has 0 saturated carbocycles. The number of nitriles is 1. The Morgan fingerprint density at radius 2 is 2.00 bits per heavy atom. The second kappa shape index (κ2) is 7.79. The van der Waals surface area contributed by atoms with Crippen molar-refractivity contribution in [2.45, 2.75) is 13.3 Å². The van der Waals surface area contributed by atoms with Crippen LogP contribution in [0.3, 0.4) is 0 Å². The molecule has 1 aromatic heterocycles. The molecule has 0 fully saturated rings. The average Bonchev–Trinajstić information content (AvgIpc) is 2.54. The van der Waals surface area contributed by atoms with E-state index in [1.54, 1.807) is 30.5 Å². The Bertz CT molecular complexity index is 674. The molecule has 2 aromatic rings. The molecule has 0 aliphatic heterocycles. The highest BCUT2D eigenvalue weighted by atomic mass is 16.1. The quantitative estimate of drug-likeness (QED) is 0.802. The number of amides is 1. The van der Waals surface area contributed by atoms with E-state index in [1.165, 1.54) is 0 Å². The summed E-state index contributed by atoms with van der Waals surface area (Å²) in [6, 6.07) is 12.5. The number of carbonyl (C=O) groups is 1. The Hall–Kier alpha value is -2.87. The number of hydrogen-bond acceptors (Lipinski definition) is 4. The lowest BCUT2D eigenvalue weighted by molar-refractivity contribution is 0.0953. The number of rotatable bonds is 6. The summed E-state index contributed by atoms with van der Waals surface area (Å²) < 4.78 is 0. The number of aromatic nitrogens is 1. The molecule has 22 heavy (non-hydrogen) atoms. The van der Waals surface area contributed by atoms with Crippen LogP contribution < -0.4 is 10.6 Å². The molecule has 5 nitrogen and oxygen atoms in total. The molecule has 0 radical (unpaired) electrons. The van der Waals surface area contributed by atoms with E-state index >= 15 is 0 Å². The largest absolute Gasteiger partial charge is 0.370 e. The summed E-state index contributed by atoms with van der Waals surface area (Å²) in [4.78, 5) is 16.1. The van der Waals surface area contributed by atoms with Gasteiger partial charge in [-0.1, -0.05) is 0 Å². The molecule has 1 aromatic carbocycles. The maximum Gasteiger partial charge on any atom is 0.251 e. The SMILES string of the molecule is Cc1ccnc(NCCCNC(=O)c2ccc(C#N)cc2)c1. The maximum atomic E-state index is 11.9. The first-order chi connectivity index (χ1) is 10.7. The van der Waals surface area contributed by atoms with Crippen molar-refractivity contribution in [3.8, 4) is 6.07 Å². The standard InChI is InChI=1S/C17H18N4O/c1-13-7-10-20-16(11-13)19-8-2-9-21-17(22)15-5-3-14(12-18)4-6-15/h3-7,10-11H,2,8-9H2,1H3,(H,19,20)(H,21,22). The number of carbonyl (C=O) groups excluding carboxylic acids is 1. The van der Waals surface area contributed by atoms with E-state index in [1.807, 2.05) is 25.1 Å². The fourth-order valence-electron chi connectivity index (χ4n) is 1.94. The van der Waals surface area contributed by atoms with Crippen LogP contribution in [0, 0.1) is 18.3 Å². The lowest BCUT2D eigenvalue weighted by Gasteiger charge is -2.07. The van der Waals surface area contributed by atoms with Gasteiger partial charge in [0.1, 0.15) is 5.82 Å². The van der Waals surface area contributed by atoms with E-state index < -0.39 is 0 Å². The fraction of sp³-hybridized carbons (Fsp3) is 0.235. The van der Waals surface area contributed by atoms with E-state index in [0.717, 1.165) is 24.3 Å². The molecule has 0 unspecified atom stereocenters. The number of hydrogen-bond donors (Lipinski definition) is 2. The van der Waals surface area contributed by atoms with E-state index in [0.29, 0.717) is 17.7 Å². The molecule has 0 bridgehead atoms. The zero-order valence-electron chi connectivity index (χ0n) is 12.5. The second-order valence-corrected chi connectivity index (χ2v) is 4.94. The summed E-state index contributed by atoms with van der Waals surface area (Å²) >= 11 is 0. The number of nitrogens with zero attached hydrogens (tertiary/aromatic N) is 2. The summed E-state index contributed by atoms with van der Waals surface area (Å²) in [7, 11) is 0. The number of aryl methyl sites for hydroxylation is 1. The van der Waals surface area contributed by atoms with Gasteiger partial charge < -0.3 is 10.6 Å². The van der Waals surface area contributed by atoms with Gasteiger partial charge >= 0.3 is 0 Å². The molecule has 2 rings (SSSR count). The number of pyridine rings is 1. The molecule has 5 heteroatoms. The lowest BCUT2D eigenvalue weighted by atomic mass is 10.1. The summed E-state index contributed by atoms with van der Waals surface area (Å²) in [6.07, 6.45) is 2.57. The lowest BCUT2D eigenvalue weighted by Crippen LogP contribution is -2.25. The molecular weight excluding hydrogens is 276 g/mol. The second-order valence-electron chi connectivity index (χ2n) is 4.94. The Labute approximate surface area is 130 Å². The van der Waals surface area contributed by atoms with Gasteiger partial charge in [-0.05, 0) is 55.3 Å². The first-order valence-electron chi connectivity index (χ1n) is 7.14. The van der Waals surface area contributed by atoms with Gasteiger partial charge in [-0.3, -0.25) is 4.79 Å². The smallest absolute Gasteiger partial charge is 0.251 e. The van der Waals surface area contributed by atoms with Crippen molar-refractivity contribution in [3.05, 3.63) is 59.3 Å². The predicted octanol–water partition coefficient (Wildman–Crippen LogP) is 2.49. The van der Waals surface area contributed by atoms with Crippen molar-refractivity contribution >= 4 is 11.7 Å². The first-order valence-corrected chi connectivity index (χ1v) is 7.14. The third-order valence-corrected chi connectivity index (χ3v) is 3.14. The minimum absolute atomic E-state index is 0.127. The van der Waals surface area contributed by atoms with Crippen molar-refractivity contribution in [3.63, 3.8) is 0 Å². The van der Waals surface area contributed by atoms with Gasteiger partial charge in [-0.2, -0.15) is 5.26 Å². The van der Waals surface area contributed by atoms with Crippen LogP contribution in [-0.2, 0) is 0 Å². The third kappa shape index (κ3) is 4.60. The minimum Gasteiger partial charge on any atom is -0.370 e. The Morgan fingerprint density at radius 1 is 1.23 bits per heavy atom. The molecule has 0 spiro atoms. The summed E-state index contributed by atoms with van der Waals surface area (Å²) in [5, 5.41) is 14.8. The molecule has 1 heterocycles. The van der Waals surface area contributed by atoms with E-state index in [4.69, 9.17) is 5.26 Å². The topological polar surface area (TPSA) is 77.8 Å². The van der Waals surface area contributed by atoms with Crippen LogP contribution in [0.4, 0.5) is 5.82 Å². The predicted molar refractivity (Wildman–Crippen MR) is 85.6 cm³/mol. The first kappa shape index (κ1) is 15.5. The zero-order chi connectivity index (χ0) is 15.8. The van der Waals surface area contributed by atoms with E-state index in [-0.39, 0.29) is 5.91 Å². The van der Waals surface area contributed by atoms with Crippen molar-refractivity contribution in [1.29, 1.82) is 5.26 Å². The molecular formula is C17H18N4O. The number of anilines is 1. The van der Waals surface area contributed by atoms with Crippen LogP contribution in [0.15, 0.2) is 42.6 Å². The zero-order valence-corrected chi connectivity index (χ0v) is 12.5. The molecule has 0 atom stereocenters. The van der Waals surface area contributed by atoms with Crippen LogP contribution in [-0.4, -0.2) is 24.0 Å². The van der Waals surface area contributed by atoms with Gasteiger partial charge in [0.05, 0.1) is 11.6 Å². The minimum atomic E-state index is -0.127. The van der Waals surface area contributed by atoms with Gasteiger partial charge in [0.25, 0.3) is 5.91 Å². The highest BCUT2D eigenvalue weighted by Crippen LogP contribution is 2.05. The third-order valence-electron chi connectivity index (χ3n) is 3.14. The van der Waals surface area contributed by atoms with Gasteiger partial charge in [0.2, 0.25) is 0 Å². The molecule has 2 N–H and O–H groups in total. The van der Waals surface area contributed by atoms with Crippen molar-refractivity contribution in [2.75, 3.05) is 18.4 Å². The van der Waals surface area contributed by atoms with Crippen molar-refractivity contribution in [1.82, 2.24) is 10.3 Å². The molecule has 0 saturated heterocycles. The van der Waals surface area contributed by atoms with Crippen LogP contribution in [0.25, 0.3) is 0 Å². The molecule has 112 valence electrons. The van der Waals surface area contributed by atoms with E-state index in [2.05, 4.69) is 15.6 Å². The van der Waals surface area contributed by atoms with Gasteiger partial charge in [-0.15, -0.1) is 0 Å². The number of benzene rings is 1. The Kier molecular flexibility index (Phi) is 5.50. The average molecular weight is 294 g/mol. The van der Waals surface area contributed by atoms with Gasteiger partial charge in [0, 0.05) is 24.8 Å². The molecule has 0 aliphatic rings. The van der Waals surface area contributed by atoms with Crippen LogP contribution >= 0.6 is 0 Å². The van der Waals surface area contributed by atoms with E-state index in [9.17, 15) is 4.79 Å². The van der Waals surface area contributed by atoms with Crippen molar-refractivity contribution in [2.24, 2.45) is 0 Å². The summed E-state index contributed by atoms with van der Waals surface area (Å²) in [5.74, 6) is 0.719. The van der Waals surface area contributed by atoms with Crippen LogP contribution in [0.1, 0.15) is 27.9 Å². The Balaban J connectivity index is 1.70. The van der Waals surface area contributed by atoms with Crippen LogP contribution in [0.2, 0.25) is 0 Å². The highest BCUT2D eigenvalue weighted by Gasteiger charge is 2.04. The van der Waals surface area contributed by atoms with Gasteiger partial charge in [-0.25, -0.2) is 4.98 Å². The monoisotopic (exact) mass is 294 g/mol. The number of nitrogens with one attached hydrogen (secondary N) is 2. The highest BCUT2D eigenvalue weighted by molar-refractivity contribution is 5.94. The maximum absolute atomic E-state index is 11.9. The van der Waals surface area contributed by atoms with Crippen molar-refractivity contribution < 1.29 is 4.79 Å². The summed E-state index contributed by atoms with van der Waals surface area (Å²) in [6.45, 7) is 3.34. The van der Waals surface area contributed by atoms with Crippen LogP contribution in [0.5, 0.6) is 0 Å². The molecule has 0 aliphatic carbocycles. The molecule has 1 amide bonds. The Morgan fingerprint density at radius 3 is 2.68 bits per heavy atom. The fourth-order valence-corrected chi connectivity index (χ4v) is 1.94. The summed E-state index contributed by atoms with van der Waals surface area (Å²) in [5.41, 5.74) is 2.27. The van der Waals surface area contributed by atoms with Gasteiger partial charge in [0.15, 0.2) is 0 Å².